The second kappa shape index (κ2) is 11.4. The van der Waals surface area contributed by atoms with Gasteiger partial charge in [-0.3, -0.25) is 14.9 Å². The van der Waals surface area contributed by atoms with Gasteiger partial charge in [0, 0.05) is 10.0 Å². The Balaban J connectivity index is 1.44. The zero-order chi connectivity index (χ0) is 28.4. The maximum Gasteiger partial charge on any atom is 0.335 e. The fourth-order valence-electron chi connectivity index (χ4n) is 4.70. The molecule has 8 heteroatoms. The number of imide groups is 2. The number of carbonyl (C=O) groups is 3. The minimum absolute atomic E-state index is 0.163. The molecule has 1 fully saturated rings. The van der Waals surface area contributed by atoms with Crippen molar-refractivity contribution < 1.29 is 23.9 Å². The van der Waals surface area contributed by atoms with E-state index in [9.17, 15) is 14.4 Å². The number of amides is 4. The molecule has 1 aliphatic rings. The summed E-state index contributed by atoms with van der Waals surface area (Å²) in [7, 11) is 0. The molecule has 5 rings (SSSR count). The standard InChI is InChI=1S/C32H27BrN2O5/c1-4-39-29-17-21(10-14-28(29)40-18-26-19(2)9-11-22-7-5-6-8-24(22)26)16-25-30(36)34-32(38)35(31(25)37)27-13-12-23(33)15-20(27)3/h5-17H,4,18H2,1-3H3,(H,34,36,38)/b25-16-. The molecule has 0 bridgehead atoms. The molecule has 0 atom stereocenters. The molecule has 202 valence electrons. The number of nitrogens with zero attached hydrogens (tertiary/aromatic N) is 1. The highest BCUT2D eigenvalue weighted by Gasteiger charge is 2.37. The van der Waals surface area contributed by atoms with Gasteiger partial charge in [-0.2, -0.15) is 0 Å². The van der Waals surface area contributed by atoms with Crippen LogP contribution in [0.1, 0.15) is 29.2 Å². The van der Waals surface area contributed by atoms with Crippen LogP contribution < -0.4 is 19.7 Å². The van der Waals surface area contributed by atoms with Crippen molar-refractivity contribution >= 4 is 56.3 Å². The lowest BCUT2D eigenvalue weighted by atomic mass is 10.0. The van der Waals surface area contributed by atoms with E-state index in [1.807, 2.05) is 19.1 Å². The summed E-state index contributed by atoms with van der Waals surface area (Å²) in [4.78, 5) is 39.7. The van der Waals surface area contributed by atoms with E-state index < -0.39 is 17.8 Å². The Morgan fingerprint density at radius 3 is 2.45 bits per heavy atom. The first-order chi connectivity index (χ1) is 19.3. The van der Waals surface area contributed by atoms with Crippen LogP contribution in [0.4, 0.5) is 10.5 Å². The molecule has 0 radical (unpaired) electrons. The maximum absolute atomic E-state index is 13.4. The average Bonchev–Trinajstić information content (AvgIpc) is 2.92. The Bertz CT molecular complexity index is 1690. The molecule has 1 aliphatic heterocycles. The quantitative estimate of drug-likeness (QED) is 0.185. The fourth-order valence-corrected chi connectivity index (χ4v) is 5.18. The molecule has 0 unspecified atom stereocenters. The monoisotopic (exact) mass is 598 g/mol. The maximum atomic E-state index is 13.4. The number of benzene rings is 4. The number of hydrogen-bond acceptors (Lipinski definition) is 5. The zero-order valence-corrected chi connectivity index (χ0v) is 23.9. The van der Waals surface area contributed by atoms with Gasteiger partial charge in [0.25, 0.3) is 11.8 Å². The number of fused-ring (bicyclic) bond motifs is 1. The van der Waals surface area contributed by atoms with Crippen molar-refractivity contribution in [3.63, 3.8) is 0 Å². The Hall–Kier alpha value is -4.43. The van der Waals surface area contributed by atoms with Crippen LogP contribution in [0, 0.1) is 13.8 Å². The molecule has 1 heterocycles. The predicted molar refractivity (Wildman–Crippen MR) is 159 cm³/mol. The molecule has 1 N–H and O–H groups in total. The minimum Gasteiger partial charge on any atom is -0.490 e. The van der Waals surface area contributed by atoms with E-state index in [1.165, 1.54) is 6.08 Å². The van der Waals surface area contributed by atoms with Gasteiger partial charge in [0.1, 0.15) is 12.2 Å². The first-order valence-corrected chi connectivity index (χ1v) is 13.6. The lowest BCUT2D eigenvalue weighted by Crippen LogP contribution is -2.54. The van der Waals surface area contributed by atoms with E-state index in [-0.39, 0.29) is 5.57 Å². The van der Waals surface area contributed by atoms with Crippen LogP contribution in [0.25, 0.3) is 16.8 Å². The van der Waals surface area contributed by atoms with Gasteiger partial charge in [0.2, 0.25) is 0 Å². The SMILES string of the molecule is CCOc1cc(/C=C2/C(=O)NC(=O)N(c3ccc(Br)cc3C)C2=O)ccc1OCc1c(C)ccc2ccccc12. The third kappa shape index (κ3) is 5.35. The van der Waals surface area contributed by atoms with Crippen molar-refractivity contribution in [2.24, 2.45) is 0 Å². The number of rotatable bonds is 7. The van der Waals surface area contributed by atoms with Crippen LogP contribution in [0.2, 0.25) is 0 Å². The Morgan fingerprint density at radius 2 is 1.68 bits per heavy atom. The summed E-state index contributed by atoms with van der Waals surface area (Å²) in [5.74, 6) is -0.442. The highest BCUT2D eigenvalue weighted by atomic mass is 79.9. The molecule has 0 aromatic heterocycles. The average molecular weight is 599 g/mol. The second-order valence-electron chi connectivity index (χ2n) is 9.40. The third-order valence-electron chi connectivity index (χ3n) is 6.73. The molecule has 0 spiro atoms. The number of ether oxygens (including phenoxy) is 2. The van der Waals surface area contributed by atoms with Crippen LogP contribution in [0.15, 0.2) is 82.8 Å². The summed E-state index contributed by atoms with van der Waals surface area (Å²) < 4.78 is 12.9. The summed E-state index contributed by atoms with van der Waals surface area (Å²) in [6.07, 6.45) is 1.45. The van der Waals surface area contributed by atoms with Gasteiger partial charge < -0.3 is 9.47 Å². The number of hydrogen-bond donors (Lipinski definition) is 1. The van der Waals surface area contributed by atoms with E-state index in [0.29, 0.717) is 41.5 Å². The molecule has 1 saturated heterocycles. The van der Waals surface area contributed by atoms with E-state index in [4.69, 9.17) is 9.47 Å². The number of halogens is 1. The van der Waals surface area contributed by atoms with E-state index >= 15 is 0 Å². The first-order valence-electron chi connectivity index (χ1n) is 12.8. The van der Waals surface area contributed by atoms with E-state index in [2.05, 4.69) is 52.4 Å². The third-order valence-corrected chi connectivity index (χ3v) is 7.22. The summed E-state index contributed by atoms with van der Waals surface area (Å²) >= 11 is 3.39. The van der Waals surface area contributed by atoms with Gasteiger partial charge in [-0.15, -0.1) is 0 Å². The Morgan fingerprint density at radius 1 is 0.875 bits per heavy atom. The molecule has 7 nitrogen and oxygen atoms in total. The molecule has 0 aliphatic carbocycles. The van der Waals surface area contributed by atoms with Gasteiger partial charge in [-0.1, -0.05) is 58.4 Å². The molecule has 0 saturated carbocycles. The van der Waals surface area contributed by atoms with Crippen molar-refractivity contribution in [2.75, 3.05) is 11.5 Å². The Kier molecular flexibility index (Phi) is 7.71. The van der Waals surface area contributed by atoms with E-state index in [1.54, 1.807) is 43.3 Å². The zero-order valence-electron chi connectivity index (χ0n) is 22.3. The number of urea groups is 1. The topological polar surface area (TPSA) is 84.9 Å². The van der Waals surface area contributed by atoms with Gasteiger partial charge in [0.15, 0.2) is 11.5 Å². The molecular weight excluding hydrogens is 572 g/mol. The van der Waals surface area contributed by atoms with Crippen LogP contribution in [-0.2, 0) is 16.2 Å². The summed E-state index contributed by atoms with van der Waals surface area (Å²) in [5.41, 5.74) is 3.70. The molecule has 40 heavy (non-hydrogen) atoms. The highest BCUT2D eigenvalue weighted by Crippen LogP contribution is 2.33. The smallest absolute Gasteiger partial charge is 0.335 e. The lowest BCUT2D eigenvalue weighted by molar-refractivity contribution is -0.122. The highest BCUT2D eigenvalue weighted by molar-refractivity contribution is 9.10. The van der Waals surface area contributed by atoms with Gasteiger partial charge >= 0.3 is 6.03 Å². The Labute approximate surface area is 240 Å². The van der Waals surface area contributed by atoms with Crippen LogP contribution in [0.5, 0.6) is 11.5 Å². The predicted octanol–water partition coefficient (Wildman–Crippen LogP) is 6.86. The number of aryl methyl sites for hydroxylation is 2. The summed E-state index contributed by atoms with van der Waals surface area (Å²) in [5, 5.41) is 4.54. The van der Waals surface area contributed by atoms with Crippen molar-refractivity contribution in [2.45, 2.75) is 27.4 Å². The number of anilines is 1. The van der Waals surface area contributed by atoms with Gasteiger partial charge in [0.05, 0.1) is 12.3 Å². The van der Waals surface area contributed by atoms with Crippen molar-refractivity contribution in [1.29, 1.82) is 0 Å². The molecular formula is C32H27BrN2O5. The van der Waals surface area contributed by atoms with Crippen LogP contribution in [-0.4, -0.2) is 24.5 Å². The molecule has 4 amide bonds. The number of carbonyl (C=O) groups excluding carboxylic acids is 3. The van der Waals surface area contributed by atoms with Gasteiger partial charge in [-0.25, -0.2) is 9.69 Å². The summed E-state index contributed by atoms with van der Waals surface area (Å²) in [6, 6.07) is 21.9. The van der Waals surface area contributed by atoms with Crippen LogP contribution >= 0.6 is 15.9 Å². The first kappa shape index (κ1) is 27.1. The summed E-state index contributed by atoms with van der Waals surface area (Å²) in [6.45, 7) is 6.45. The minimum atomic E-state index is -0.792. The largest absolute Gasteiger partial charge is 0.490 e. The second-order valence-corrected chi connectivity index (χ2v) is 10.3. The fraction of sp³-hybridized carbons (Fsp3) is 0.156. The van der Waals surface area contributed by atoms with Crippen molar-refractivity contribution in [3.8, 4) is 11.5 Å². The normalized spacial score (nSPS) is 14.6. The lowest BCUT2D eigenvalue weighted by Gasteiger charge is -2.27. The number of nitrogens with one attached hydrogen (secondary N) is 1. The molecule has 4 aromatic carbocycles. The van der Waals surface area contributed by atoms with Gasteiger partial charge in [-0.05, 0) is 84.6 Å². The van der Waals surface area contributed by atoms with Crippen molar-refractivity contribution in [1.82, 2.24) is 5.32 Å². The van der Waals surface area contributed by atoms with Crippen molar-refractivity contribution in [3.05, 3.63) is 105 Å². The molecule has 4 aromatic rings. The van der Waals surface area contributed by atoms with E-state index in [0.717, 1.165) is 31.3 Å². The number of barbiturate groups is 1. The van der Waals surface area contributed by atoms with Crippen LogP contribution in [0.3, 0.4) is 0 Å².